The largest absolute Gasteiger partial charge is 0.461 e. The number of anilines is 1. The summed E-state index contributed by atoms with van der Waals surface area (Å²) in [6, 6.07) is 16.8. The highest BCUT2D eigenvalue weighted by Crippen LogP contribution is 2.26. The van der Waals surface area contributed by atoms with Gasteiger partial charge in [-0.2, -0.15) is 0 Å². The molecule has 0 saturated heterocycles. The first-order chi connectivity index (χ1) is 10.3. The van der Waals surface area contributed by atoms with Crippen molar-refractivity contribution in [2.45, 2.75) is 33.2 Å². The van der Waals surface area contributed by atoms with Crippen LogP contribution in [-0.4, -0.2) is 0 Å². The first-order valence-electron chi connectivity index (χ1n) is 7.58. The van der Waals surface area contributed by atoms with E-state index in [2.05, 4.69) is 48.6 Å². The molecule has 0 aliphatic carbocycles. The third-order valence-corrected chi connectivity index (χ3v) is 3.89. The van der Waals surface area contributed by atoms with E-state index in [9.17, 15) is 0 Å². The predicted octanol–water partition coefficient (Wildman–Crippen LogP) is 5.31. The lowest BCUT2D eigenvalue weighted by atomic mass is 10.1. The van der Waals surface area contributed by atoms with Crippen LogP contribution in [0.2, 0.25) is 0 Å². The molecule has 0 aliphatic heterocycles. The molecule has 108 valence electrons. The van der Waals surface area contributed by atoms with Gasteiger partial charge < -0.3 is 9.73 Å². The fraction of sp³-hybridized carbons (Fsp3) is 0.263. The molecule has 0 amide bonds. The number of hydrogen-bond donors (Lipinski definition) is 1. The molecule has 3 rings (SSSR count). The monoisotopic (exact) mass is 279 g/mol. The van der Waals surface area contributed by atoms with Crippen LogP contribution in [-0.2, 0) is 13.0 Å². The van der Waals surface area contributed by atoms with Gasteiger partial charge in [-0.3, -0.25) is 0 Å². The van der Waals surface area contributed by atoms with Crippen molar-refractivity contribution < 1.29 is 4.42 Å². The minimum absolute atomic E-state index is 0.795. The zero-order valence-corrected chi connectivity index (χ0v) is 12.6. The molecular weight excluding hydrogens is 258 g/mol. The number of para-hydroxylation sites is 2. The minimum atomic E-state index is 0.795. The van der Waals surface area contributed by atoms with Gasteiger partial charge >= 0.3 is 0 Å². The maximum atomic E-state index is 5.83. The van der Waals surface area contributed by atoms with Crippen LogP contribution >= 0.6 is 0 Å². The summed E-state index contributed by atoms with van der Waals surface area (Å²) in [7, 11) is 0. The van der Waals surface area contributed by atoms with Crippen LogP contribution in [0.5, 0.6) is 0 Å². The number of fused-ring (bicyclic) bond motifs is 1. The van der Waals surface area contributed by atoms with E-state index >= 15 is 0 Å². The fourth-order valence-electron chi connectivity index (χ4n) is 2.80. The summed E-state index contributed by atoms with van der Waals surface area (Å²) >= 11 is 0. The SMILES string of the molecule is CCCc1ccccc1NCc1c(C)oc2ccccc12. The van der Waals surface area contributed by atoms with E-state index in [4.69, 9.17) is 4.42 Å². The third-order valence-electron chi connectivity index (χ3n) is 3.89. The number of benzene rings is 2. The summed E-state index contributed by atoms with van der Waals surface area (Å²) in [5.41, 5.74) is 4.82. The van der Waals surface area contributed by atoms with E-state index in [1.54, 1.807) is 0 Å². The third kappa shape index (κ3) is 2.80. The van der Waals surface area contributed by atoms with Crippen molar-refractivity contribution >= 4 is 16.7 Å². The average Bonchev–Trinajstić information content (AvgIpc) is 2.82. The van der Waals surface area contributed by atoms with Crippen LogP contribution in [0.1, 0.15) is 30.2 Å². The van der Waals surface area contributed by atoms with Crippen molar-refractivity contribution in [3.05, 3.63) is 65.4 Å². The lowest BCUT2D eigenvalue weighted by Gasteiger charge is -2.11. The van der Waals surface area contributed by atoms with Crippen LogP contribution in [0.3, 0.4) is 0 Å². The van der Waals surface area contributed by atoms with Gasteiger partial charge in [-0.05, 0) is 31.0 Å². The van der Waals surface area contributed by atoms with Crippen LogP contribution in [0, 0.1) is 6.92 Å². The minimum Gasteiger partial charge on any atom is -0.461 e. The van der Waals surface area contributed by atoms with Gasteiger partial charge in [0.1, 0.15) is 11.3 Å². The summed E-state index contributed by atoms with van der Waals surface area (Å²) < 4.78 is 5.83. The average molecular weight is 279 g/mol. The van der Waals surface area contributed by atoms with Crippen molar-refractivity contribution in [2.24, 2.45) is 0 Å². The van der Waals surface area contributed by atoms with Gasteiger partial charge in [-0.15, -0.1) is 0 Å². The fourth-order valence-corrected chi connectivity index (χ4v) is 2.80. The molecule has 0 aliphatic rings. The van der Waals surface area contributed by atoms with Crippen molar-refractivity contribution in [1.82, 2.24) is 0 Å². The molecule has 0 radical (unpaired) electrons. The molecule has 0 atom stereocenters. The first-order valence-corrected chi connectivity index (χ1v) is 7.58. The normalized spacial score (nSPS) is 11.0. The van der Waals surface area contributed by atoms with Gasteiger partial charge in [0.25, 0.3) is 0 Å². The molecule has 0 saturated carbocycles. The molecule has 3 aromatic rings. The molecule has 1 heterocycles. The maximum absolute atomic E-state index is 5.83. The van der Waals surface area contributed by atoms with E-state index in [1.807, 2.05) is 19.1 Å². The standard InChI is InChI=1S/C19H21NO/c1-3-8-15-9-4-6-11-18(15)20-13-17-14(2)21-19-12-7-5-10-16(17)19/h4-7,9-12,20H,3,8,13H2,1-2H3. The Balaban J connectivity index is 1.85. The van der Waals surface area contributed by atoms with Crippen molar-refractivity contribution in [1.29, 1.82) is 0 Å². The zero-order valence-electron chi connectivity index (χ0n) is 12.6. The second-order valence-corrected chi connectivity index (χ2v) is 5.39. The number of furan rings is 1. The van der Waals surface area contributed by atoms with E-state index in [0.717, 1.165) is 30.7 Å². The molecule has 0 fully saturated rings. The molecular formula is C19H21NO. The second-order valence-electron chi connectivity index (χ2n) is 5.39. The van der Waals surface area contributed by atoms with Crippen molar-refractivity contribution in [3.63, 3.8) is 0 Å². The Morgan fingerprint density at radius 1 is 1.00 bits per heavy atom. The molecule has 0 bridgehead atoms. The number of hydrogen-bond acceptors (Lipinski definition) is 2. The topological polar surface area (TPSA) is 25.2 Å². The van der Waals surface area contributed by atoms with E-state index in [1.165, 1.54) is 22.2 Å². The first kappa shape index (κ1) is 13.7. The number of nitrogens with one attached hydrogen (secondary N) is 1. The highest BCUT2D eigenvalue weighted by Gasteiger charge is 2.10. The summed E-state index contributed by atoms with van der Waals surface area (Å²) in [4.78, 5) is 0. The Morgan fingerprint density at radius 3 is 2.62 bits per heavy atom. The second kappa shape index (κ2) is 6.04. The molecule has 1 N–H and O–H groups in total. The summed E-state index contributed by atoms with van der Waals surface area (Å²) in [5.74, 6) is 0.997. The Bertz CT molecular complexity index is 742. The Labute approximate surface area is 125 Å². The number of aryl methyl sites for hydroxylation is 2. The molecule has 2 heteroatoms. The van der Waals surface area contributed by atoms with Crippen LogP contribution < -0.4 is 5.32 Å². The molecule has 0 unspecified atom stereocenters. The van der Waals surface area contributed by atoms with Crippen molar-refractivity contribution in [3.8, 4) is 0 Å². The van der Waals surface area contributed by atoms with Crippen LogP contribution in [0.15, 0.2) is 52.9 Å². The van der Waals surface area contributed by atoms with Gasteiger partial charge in [-0.25, -0.2) is 0 Å². The highest BCUT2D eigenvalue weighted by molar-refractivity contribution is 5.82. The highest BCUT2D eigenvalue weighted by atomic mass is 16.3. The van der Waals surface area contributed by atoms with Gasteiger partial charge in [0.05, 0.1) is 0 Å². The molecule has 2 aromatic carbocycles. The lowest BCUT2D eigenvalue weighted by Crippen LogP contribution is -2.03. The Hall–Kier alpha value is -2.22. The summed E-state index contributed by atoms with van der Waals surface area (Å²) in [6.45, 7) is 5.04. The molecule has 2 nitrogen and oxygen atoms in total. The number of rotatable bonds is 5. The van der Waals surface area contributed by atoms with Gasteiger partial charge in [0.2, 0.25) is 0 Å². The van der Waals surface area contributed by atoms with Crippen LogP contribution in [0.25, 0.3) is 11.0 Å². The van der Waals surface area contributed by atoms with Gasteiger partial charge in [-0.1, -0.05) is 49.7 Å². The van der Waals surface area contributed by atoms with Gasteiger partial charge in [0, 0.05) is 23.2 Å². The van der Waals surface area contributed by atoms with Gasteiger partial charge in [0.15, 0.2) is 0 Å². The zero-order chi connectivity index (χ0) is 14.7. The Morgan fingerprint density at radius 2 is 1.76 bits per heavy atom. The molecule has 1 aromatic heterocycles. The summed E-state index contributed by atoms with van der Waals surface area (Å²) in [6.07, 6.45) is 2.26. The Kier molecular flexibility index (Phi) is 3.96. The molecule has 21 heavy (non-hydrogen) atoms. The molecule has 0 spiro atoms. The quantitative estimate of drug-likeness (QED) is 0.685. The van der Waals surface area contributed by atoms with Crippen LogP contribution in [0.4, 0.5) is 5.69 Å². The van der Waals surface area contributed by atoms with E-state index in [-0.39, 0.29) is 0 Å². The predicted molar refractivity (Wildman–Crippen MR) is 88.7 cm³/mol. The van der Waals surface area contributed by atoms with E-state index < -0.39 is 0 Å². The van der Waals surface area contributed by atoms with E-state index in [0.29, 0.717) is 0 Å². The lowest BCUT2D eigenvalue weighted by molar-refractivity contribution is 0.573. The van der Waals surface area contributed by atoms with Crippen molar-refractivity contribution in [2.75, 3.05) is 5.32 Å². The summed E-state index contributed by atoms with van der Waals surface area (Å²) in [5, 5.41) is 4.78. The smallest absolute Gasteiger partial charge is 0.134 e. The maximum Gasteiger partial charge on any atom is 0.134 e.